The van der Waals surface area contributed by atoms with Crippen molar-refractivity contribution in [2.75, 3.05) is 0 Å². The second-order valence-corrected chi connectivity index (χ2v) is 25.6. The van der Waals surface area contributed by atoms with E-state index in [1.807, 2.05) is 6.92 Å². The first-order chi connectivity index (χ1) is 18.5. The van der Waals surface area contributed by atoms with Gasteiger partial charge in [-0.15, -0.1) is 6.58 Å². The van der Waals surface area contributed by atoms with E-state index in [2.05, 4.69) is 81.1 Å². The van der Waals surface area contributed by atoms with Gasteiger partial charge in [0, 0.05) is 17.4 Å². The minimum absolute atomic E-state index is 0.0620. The molecule has 4 rings (SSSR count). The maximum Gasteiger partial charge on any atom is 0.192 e. The van der Waals surface area contributed by atoms with Crippen LogP contribution in [0.15, 0.2) is 23.8 Å². The van der Waals surface area contributed by atoms with Crippen molar-refractivity contribution in [2.45, 2.75) is 162 Å². The molecule has 0 amide bonds. The number of allylic oxidation sites excluding steroid dienone is 2. The quantitative estimate of drug-likeness (QED) is 0.199. The molecule has 4 aliphatic rings. The summed E-state index contributed by atoms with van der Waals surface area (Å²) in [5.74, 6) is 1.64. The van der Waals surface area contributed by atoms with Crippen LogP contribution in [0.3, 0.4) is 0 Å². The van der Waals surface area contributed by atoms with E-state index in [1.165, 1.54) is 30.1 Å². The molecule has 0 aromatic carbocycles. The third-order valence-electron chi connectivity index (χ3n) is 13.6. The van der Waals surface area contributed by atoms with E-state index in [9.17, 15) is 4.79 Å². The summed E-state index contributed by atoms with van der Waals surface area (Å²) >= 11 is 0. The van der Waals surface area contributed by atoms with E-state index in [4.69, 9.17) is 8.85 Å². The number of Topliss-reactive ketones (excluding diaryl/α,β-unsaturated/α-hetero) is 1. The van der Waals surface area contributed by atoms with Gasteiger partial charge in [-0.25, -0.2) is 0 Å². The Kier molecular flexibility index (Phi) is 8.83. The minimum Gasteiger partial charge on any atom is -0.414 e. The Labute approximate surface area is 249 Å². The molecule has 228 valence electrons. The molecule has 3 nitrogen and oxygen atoms in total. The van der Waals surface area contributed by atoms with E-state index in [0.717, 1.165) is 50.5 Å². The van der Waals surface area contributed by atoms with Gasteiger partial charge in [0.2, 0.25) is 0 Å². The van der Waals surface area contributed by atoms with E-state index >= 15 is 0 Å². The standard InChI is InChI=1S/C35H62O3Si2/c1-13-26-19-22-35(38-40(14-2,15-3)16-4)30-18-17-27-23-28(37-39(11,12)32(6,7)8)20-21-33(27,9)31(30)29(25(5)36)24-34(26,35)10/h13,26-28,30H,1,14-24H2,2-12H3/t26-,27-,28+,30-,33+,34+,35-/m1/s1. The number of ketones is 1. The molecule has 0 saturated heterocycles. The van der Waals surface area contributed by atoms with Crippen LogP contribution in [0.1, 0.15) is 114 Å². The zero-order valence-corrected chi connectivity index (χ0v) is 30.1. The van der Waals surface area contributed by atoms with E-state index in [0.29, 0.717) is 29.6 Å². The molecule has 40 heavy (non-hydrogen) atoms. The molecule has 4 aliphatic carbocycles. The predicted molar refractivity (Wildman–Crippen MR) is 175 cm³/mol. The monoisotopic (exact) mass is 586 g/mol. The SMILES string of the molecule is C=C[C@@H]1CC[C@@]2(O[Si](CC)(CC)CC)[C@@H]3CC[C@@H]4C[C@@H](O[Si](C)(C)C(C)(C)C)CC[C@]4(C)C3=C(C(C)=O)C[C@@]12C. The summed E-state index contributed by atoms with van der Waals surface area (Å²) in [5.41, 5.74) is 2.52. The molecule has 0 aromatic rings. The lowest BCUT2D eigenvalue weighted by molar-refractivity contribution is -0.127. The highest BCUT2D eigenvalue weighted by Gasteiger charge is 2.68. The van der Waals surface area contributed by atoms with Gasteiger partial charge in [-0.05, 0) is 117 Å². The maximum atomic E-state index is 13.6. The summed E-state index contributed by atoms with van der Waals surface area (Å²) in [5, 5.41) is 0.228. The van der Waals surface area contributed by atoms with Crippen LogP contribution in [0.25, 0.3) is 0 Å². The van der Waals surface area contributed by atoms with Crippen molar-refractivity contribution >= 4 is 22.4 Å². The zero-order valence-electron chi connectivity index (χ0n) is 28.1. The Balaban J connectivity index is 1.80. The predicted octanol–water partition coefficient (Wildman–Crippen LogP) is 10.2. The Bertz CT molecular complexity index is 1010. The molecule has 3 fully saturated rings. The fraction of sp³-hybridized carbons (Fsp3) is 0.857. The zero-order chi connectivity index (χ0) is 29.9. The van der Waals surface area contributed by atoms with Crippen LogP contribution < -0.4 is 0 Å². The molecule has 5 heteroatoms. The summed E-state index contributed by atoms with van der Waals surface area (Å²) < 4.78 is 14.9. The van der Waals surface area contributed by atoms with Crippen LogP contribution in [0.5, 0.6) is 0 Å². The largest absolute Gasteiger partial charge is 0.414 e. The van der Waals surface area contributed by atoms with Crippen LogP contribution in [-0.2, 0) is 13.6 Å². The van der Waals surface area contributed by atoms with Crippen LogP contribution in [-0.4, -0.2) is 34.1 Å². The fourth-order valence-corrected chi connectivity index (χ4v) is 14.3. The summed E-state index contributed by atoms with van der Waals surface area (Å²) in [6, 6.07) is 3.52. The van der Waals surface area contributed by atoms with Crippen LogP contribution in [0, 0.1) is 28.6 Å². The van der Waals surface area contributed by atoms with Gasteiger partial charge in [-0.2, -0.15) is 0 Å². The molecule has 0 spiro atoms. The number of hydrogen-bond donors (Lipinski definition) is 0. The van der Waals surface area contributed by atoms with Crippen molar-refractivity contribution in [3.8, 4) is 0 Å². The first kappa shape index (κ1) is 32.4. The van der Waals surface area contributed by atoms with Gasteiger partial charge in [0.1, 0.15) is 0 Å². The van der Waals surface area contributed by atoms with Gasteiger partial charge in [0.05, 0.1) is 5.60 Å². The molecule has 0 radical (unpaired) electrons. The van der Waals surface area contributed by atoms with Crippen molar-refractivity contribution in [1.82, 2.24) is 0 Å². The first-order valence-corrected chi connectivity index (χ1v) is 22.2. The lowest BCUT2D eigenvalue weighted by Gasteiger charge is -2.64. The summed E-state index contributed by atoms with van der Waals surface area (Å²) in [4.78, 5) is 13.6. The van der Waals surface area contributed by atoms with Gasteiger partial charge in [0.25, 0.3) is 0 Å². The highest BCUT2D eigenvalue weighted by atomic mass is 28.4. The highest BCUT2D eigenvalue weighted by Crippen LogP contribution is 2.70. The second kappa shape index (κ2) is 10.9. The molecule has 0 heterocycles. The maximum absolute atomic E-state index is 13.6. The lowest BCUT2D eigenvalue weighted by Crippen LogP contribution is -2.64. The van der Waals surface area contributed by atoms with Crippen LogP contribution in [0.2, 0.25) is 36.3 Å². The fourth-order valence-electron chi connectivity index (χ4n) is 9.67. The van der Waals surface area contributed by atoms with Crippen molar-refractivity contribution in [3.05, 3.63) is 23.8 Å². The topological polar surface area (TPSA) is 35.5 Å². The smallest absolute Gasteiger partial charge is 0.192 e. The number of fused-ring (bicyclic) bond motifs is 5. The highest BCUT2D eigenvalue weighted by molar-refractivity contribution is 6.74. The van der Waals surface area contributed by atoms with Gasteiger partial charge in [0.15, 0.2) is 22.4 Å². The number of carbonyl (C=O) groups excluding carboxylic acids is 1. The van der Waals surface area contributed by atoms with Crippen molar-refractivity contribution < 1.29 is 13.6 Å². The average molecular weight is 587 g/mol. The normalized spacial score (nSPS) is 38.5. The van der Waals surface area contributed by atoms with E-state index < -0.39 is 16.6 Å². The van der Waals surface area contributed by atoms with E-state index in [1.54, 1.807) is 0 Å². The third-order valence-corrected chi connectivity index (χ3v) is 22.8. The Morgan fingerprint density at radius 2 is 1.65 bits per heavy atom. The molecular weight excluding hydrogens is 525 g/mol. The lowest BCUT2D eigenvalue weighted by atomic mass is 9.45. The van der Waals surface area contributed by atoms with Gasteiger partial charge >= 0.3 is 0 Å². The molecule has 0 aromatic heterocycles. The van der Waals surface area contributed by atoms with Crippen molar-refractivity contribution in [1.29, 1.82) is 0 Å². The summed E-state index contributed by atoms with van der Waals surface area (Å²) in [6.45, 7) is 30.1. The Hall–Kier alpha value is -0.496. The van der Waals surface area contributed by atoms with E-state index in [-0.39, 0.29) is 21.5 Å². The summed E-state index contributed by atoms with van der Waals surface area (Å²) in [6.07, 6.45) is 11.4. The Morgan fingerprint density at radius 3 is 2.17 bits per heavy atom. The van der Waals surface area contributed by atoms with Gasteiger partial charge in [-0.1, -0.05) is 67.0 Å². The third kappa shape index (κ3) is 4.85. The first-order valence-electron chi connectivity index (χ1n) is 16.7. The number of rotatable bonds is 9. The van der Waals surface area contributed by atoms with Crippen LogP contribution >= 0.6 is 0 Å². The van der Waals surface area contributed by atoms with Gasteiger partial charge < -0.3 is 8.85 Å². The molecule has 0 bridgehead atoms. The minimum atomic E-state index is -1.90. The molecule has 0 unspecified atom stereocenters. The van der Waals surface area contributed by atoms with Crippen molar-refractivity contribution in [3.63, 3.8) is 0 Å². The molecule has 0 N–H and O–H groups in total. The molecule has 7 atom stereocenters. The van der Waals surface area contributed by atoms with Crippen LogP contribution in [0.4, 0.5) is 0 Å². The average Bonchev–Trinajstić information content (AvgIpc) is 3.17. The Morgan fingerprint density at radius 1 is 1.02 bits per heavy atom. The van der Waals surface area contributed by atoms with Gasteiger partial charge in [-0.3, -0.25) is 4.79 Å². The molecule has 3 saturated carbocycles. The molecular formula is C35H62O3Si2. The number of carbonyl (C=O) groups is 1. The van der Waals surface area contributed by atoms with Crippen molar-refractivity contribution in [2.24, 2.45) is 28.6 Å². The molecule has 0 aliphatic heterocycles. The number of hydrogen-bond acceptors (Lipinski definition) is 3. The summed E-state index contributed by atoms with van der Waals surface area (Å²) in [7, 11) is -3.72. The second-order valence-electron chi connectivity index (χ2n) is 16.2.